The maximum atomic E-state index is 11.5. The second kappa shape index (κ2) is 17.7. The summed E-state index contributed by atoms with van der Waals surface area (Å²) in [6, 6.07) is 2.23. The van der Waals surface area contributed by atoms with Crippen molar-refractivity contribution in [1.82, 2.24) is 0 Å². The first kappa shape index (κ1) is 35.2. The molecule has 208 valence electrons. The van der Waals surface area contributed by atoms with E-state index in [-0.39, 0.29) is 23.8 Å². The number of carbonyl (C=O) groups is 2. The number of carbonyl (C=O) groups excluding carboxylic acids is 2. The molecule has 0 radical (unpaired) electrons. The van der Waals surface area contributed by atoms with E-state index in [9.17, 15) is 9.59 Å². The van der Waals surface area contributed by atoms with Crippen LogP contribution in [0.15, 0.2) is 0 Å². The van der Waals surface area contributed by atoms with Crippen molar-refractivity contribution < 1.29 is 27.3 Å². The molecule has 0 aliphatic carbocycles. The maximum Gasteiger partial charge on any atom is 0.311 e. The van der Waals surface area contributed by atoms with Crippen molar-refractivity contribution in [2.24, 2.45) is 11.8 Å². The zero-order valence-corrected chi connectivity index (χ0v) is 28.6. The van der Waals surface area contributed by atoms with E-state index in [2.05, 4.69) is 39.3 Å². The normalized spacial score (nSPS) is 12.9. The van der Waals surface area contributed by atoms with E-state index in [1.54, 1.807) is 0 Å². The third kappa shape index (κ3) is 19.9. The summed E-state index contributed by atoms with van der Waals surface area (Å²) in [5, 5.41) is 0. The van der Waals surface area contributed by atoms with Gasteiger partial charge in [0.2, 0.25) is 0 Å². The fourth-order valence-electron chi connectivity index (χ4n) is 3.59. The first-order valence-electron chi connectivity index (χ1n) is 13.0. The Morgan fingerprint density at radius 3 is 1.29 bits per heavy atom. The predicted molar refractivity (Wildman–Crippen MR) is 160 cm³/mol. The second-order valence-electron chi connectivity index (χ2n) is 11.2. The molecule has 0 aromatic rings. The van der Waals surface area contributed by atoms with Gasteiger partial charge in [-0.2, -0.15) is 23.5 Å². The Balaban J connectivity index is 4.13. The average Bonchev–Trinajstić information content (AvgIpc) is 2.69. The Bertz CT molecular complexity index is 566. The highest BCUT2D eigenvalue weighted by atomic mass is 32.2. The molecule has 0 fully saturated rings. The molecule has 35 heavy (non-hydrogen) atoms. The van der Waals surface area contributed by atoms with Crippen LogP contribution in [0.4, 0.5) is 0 Å². The summed E-state index contributed by atoms with van der Waals surface area (Å²) in [5.41, 5.74) is 0. The van der Waals surface area contributed by atoms with E-state index in [0.29, 0.717) is 13.2 Å². The van der Waals surface area contributed by atoms with Crippen LogP contribution in [0, 0.1) is 11.8 Å². The van der Waals surface area contributed by atoms with Crippen LogP contribution in [0.3, 0.4) is 0 Å². The lowest BCUT2D eigenvalue weighted by Crippen LogP contribution is -2.52. The summed E-state index contributed by atoms with van der Waals surface area (Å²) < 4.78 is 23.9. The minimum Gasteiger partial charge on any atom is -0.465 e. The van der Waals surface area contributed by atoms with Gasteiger partial charge in [-0.25, -0.2) is 0 Å². The quantitative estimate of drug-likeness (QED) is 0.0881. The van der Waals surface area contributed by atoms with Gasteiger partial charge in [0.1, 0.15) is 13.2 Å². The number of thioether (sulfide) groups is 2. The molecule has 0 saturated heterocycles. The monoisotopic (exact) mass is 584 g/mol. The molecule has 0 spiro atoms. The Morgan fingerprint density at radius 2 is 0.971 bits per heavy atom. The van der Waals surface area contributed by atoms with Crippen molar-refractivity contribution >= 4 is 60.7 Å². The highest BCUT2D eigenvalue weighted by molar-refractivity contribution is 7.99. The molecule has 6 nitrogen and oxygen atoms in total. The molecular weight excluding hydrogens is 533 g/mol. The number of ether oxygens (including phenoxy) is 2. The number of esters is 2. The van der Waals surface area contributed by atoms with Crippen LogP contribution in [0.2, 0.25) is 51.4 Å². The van der Waals surface area contributed by atoms with Crippen molar-refractivity contribution in [3.8, 4) is 0 Å². The van der Waals surface area contributed by atoms with Crippen LogP contribution < -0.4 is 0 Å². The third-order valence-electron chi connectivity index (χ3n) is 5.07. The zero-order chi connectivity index (χ0) is 27.1. The van der Waals surface area contributed by atoms with E-state index in [1.807, 2.05) is 51.2 Å². The van der Waals surface area contributed by atoms with E-state index < -0.39 is 25.2 Å². The minimum absolute atomic E-state index is 0.0572. The summed E-state index contributed by atoms with van der Waals surface area (Å²) >= 11 is 3.69. The molecule has 0 atom stereocenters. The maximum absolute atomic E-state index is 11.5. The first-order chi connectivity index (χ1) is 16.1. The van der Waals surface area contributed by atoms with E-state index in [0.717, 1.165) is 47.9 Å². The van der Waals surface area contributed by atoms with Gasteiger partial charge in [-0.1, -0.05) is 27.7 Å². The van der Waals surface area contributed by atoms with Crippen LogP contribution in [-0.2, 0) is 27.3 Å². The van der Waals surface area contributed by atoms with E-state index in [1.165, 1.54) is 0 Å². The SMILES string of the molecule is CC(C)C(=O)OCCSCCC[Si](C)(C)O[Si](C)(C)O[Si](C)(C)CCCSCCOC(=O)C(C)C. The van der Waals surface area contributed by atoms with Gasteiger partial charge < -0.3 is 17.7 Å². The smallest absolute Gasteiger partial charge is 0.311 e. The van der Waals surface area contributed by atoms with Crippen LogP contribution in [0.25, 0.3) is 0 Å². The molecule has 0 aromatic carbocycles. The van der Waals surface area contributed by atoms with Crippen LogP contribution in [0.1, 0.15) is 40.5 Å². The molecule has 0 aliphatic heterocycles. The number of rotatable bonds is 20. The van der Waals surface area contributed by atoms with Crippen molar-refractivity contribution in [3.05, 3.63) is 0 Å². The molecule has 0 N–H and O–H groups in total. The summed E-state index contributed by atoms with van der Waals surface area (Å²) in [4.78, 5) is 23.0. The summed E-state index contributed by atoms with van der Waals surface area (Å²) in [6.45, 7) is 22.0. The summed E-state index contributed by atoms with van der Waals surface area (Å²) in [7, 11) is -5.78. The lowest BCUT2D eigenvalue weighted by Gasteiger charge is -2.38. The summed E-state index contributed by atoms with van der Waals surface area (Å²) in [5.74, 6) is 3.49. The Hall–Kier alpha value is 0.211. The minimum atomic E-state index is -2.19. The van der Waals surface area contributed by atoms with E-state index >= 15 is 0 Å². The van der Waals surface area contributed by atoms with Crippen LogP contribution >= 0.6 is 23.5 Å². The van der Waals surface area contributed by atoms with Gasteiger partial charge in [-0.15, -0.1) is 0 Å². The molecule has 0 rings (SSSR count). The highest BCUT2D eigenvalue weighted by Crippen LogP contribution is 2.27. The molecule has 11 heteroatoms. The zero-order valence-electron chi connectivity index (χ0n) is 24.0. The van der Waals surface area contributed by atoms with Crippen molar-refractivity contribution in [2.45, 2.75) is 91.9 Å². The molecule has 0 amide bonds. The van der Waals surface area contributed by atoms with Gasteiger partial charge in [-0.3, -0.25) is 9.59 Å². The average molecular weight is 585 g/mol. The molecule has 0 saturated carbocycles. The standard InChI is InChI=1S/C24H52O6S2Si3/c1-21(2)23(25)27-13-17-31-15-11-19-33(5,6)29-35(9,10)30-34(7,8)20-12-16-32-18-14-28-24(26)22(3)4/h21-22H,11-20H2,1-10H3. The van der Waals surface area contributed by atoms with Gasteiger partial charge in [-0.05, 0) is 75.7 Å². The lowest BCUT2D eigenvalue weighted by molar-refractivity contribution is -0.147. The van der Waals surface area contributed by atoms with Gasteiger partial charge >= 0.3 is 20.5 Å². The van der Waals surface area contributed by atoms with Gasteiger partial charge in [0.05, 0.1) is 11.8 Å². The first-order valence-corrected chi connectivity index (χ1v) is 24.3. The van der Waals surface area contributed by atoms with Crippen LogP contribution in [0.5, 0.6) is 0 Å². The Labute approximate surface area is 227 Å². The number of hydrogen-bond acceptors (Lipinski definition) is 8. The molecule has 0 aliphatic rings. The predicted octanol–water partition coefficient (Wildman–Crippen LogP) is 6.78. The molecular formula is C24H52O6S2Si3. The summed E-state index contributed by atoms with van der Waals surface area (Å²) in [6.07, 6.45) is 2.24. The highest BCUT2D eigenvalue weighted by Gasteiger charge is 2.39. The van der Waals surface area contributed by atoms with Gasteiger partial charge in [0.25, 0.3) is 0 Å². The van der Waals surface area contributed by atoms with Gasteiger partial charge in [0.15, 0.2) is 16.6 Å². The third-order valence-corrected chi connectivity index (χ3v) is 18.6. The number of hydrogen-bond donors (Lipinski definition) is 0. The molecule has 0 bridgehead atoms. The second-order valence-corrected chi connectivity index (χ2v) is 26.1. The Morgan fingerprint density at radius 1 is 0.629 bits per heavy atom. The topological polar surface area (TPSA) is 71.1 Å². The molecule has 0 heterocycles. The largest absolute Gasteiger partial charge is 0.465 e. The van der Waals surface area contributed by atoms with Gasteiger partial charge in [0, 0.05) is 11.5 Å². The van der Waals surface area contributed by atoms with Crippen molar-refractivity contribution in [1.29, 1.82) is 0 Å². The molecule has 0 unspecified atom stereocenters. The van der Waals surface area contributed by atoms with Crippen molar-refractivity contribution in [2.75, 3.05) is 36.2 Å². The van der Waals surface area contributed by atoms with E-state index in [4.69, 9.17) is 17.7 Å². The van der Waals surface area contributed by atoms with Crippen molar-refractivity contribution in [3.63, 3.8) is 0 Å². The fraction of sp³-hybridized carbons (Fsp3) is 0.917. The molecule has 0 aromatic heterocycles. The Kier molecular flexibility index (Phi) is 17.8. The lowest BCUT2D eigenvalue weighted by atomic mass is 10.2. The van der Waals surface area contributed by atoms with Crippen LogP contribution in [-0.4, -0.2) is 73.4 Å². The fourth-order valence-corrected chi connectivity index (χ4v) is 19.7.